The van der Waals surface area contributed by atoms with Crippen molar-refractivity contribution < 1.29 is 23.5 Å². The number of thioether (sulfide) groups is 1. The fourth-order valence-corrected chi connectivity index (χ4v) is 4.23. The second kappa shape index (κ2) is 9.77. The molecular weight excluding hydrogens is 448 g/mol. The molecule has 4 rings (SSSR count). The van der Waals surface area contributed by atoms with Gasteiger partial charge < -0.3 is 24.5 Å². The van der Waals surface area contributed by atoms with Gasteiger partial charge in [-0.1, -0.05) is 17.8 Å². The van der Waals surface area contributed by atoms with Gasteiger partial charge in [0.15, 0.2) is 0 Å². The zero-order chi connectivity index (χ0) is 23.4. The van der Waals surface area contributed by atoms with Crippen LogP contribution in [0.4, 0.5) is 4.79 Å². The van der Waals surface area contributed by atoms with Gasteiger partial charge >= 0.3 is 12.0 Å². The lowest BCUT2D eigenvalue weighted by molar-refractivity contribution is -0.139. The summed E-state index contributed by atoms with van der Waals surface area (Å²) in [6.07, 6.45) is 1.48. The van der Waals surface area contributed by atoms with Crippen LogP contribution in [0.25, 0.3) is 5.69 Å². The van der Waals surface area contributed by atoms with Crippen LogP contribution < -0.4 is 15.4 Å². The number of urea groups is 1. The number of tetrazole rings is 1. The van der Waals surface area contributed by atoms with Crippen molar-refractivity contribution >= 4 is 23.8 Å². The average Bonchev–Trinajstić information content (AvgIpc) is 3.49. The molecule has 11 nitrogen and oxygen atoms in total. The number of aryl methyl sites for hydroxylation is 1. The van der Waals surface area contributed by atoms with Gasteiger partial charge in [-0.2, -0.15) is 4.68 Å². The fourth-order valence-electron chi connectivity index (χ4n) is 3.37. The number of esters is 1. The molecule has 1 atom stereocenters. The second-order valence-corrected chi connectivity index (χ2v) is 7.94. The van der Waals surface area contributed by atoms with Gasteiger partial charge in [0.1, 0.15) is 23.2 Å². The van der Waals surface area contributed by atoms with Gasteiger partial charge in [0.05, 0.1) is 25.6 Å². The third-order valence-electron chi connectivity index (χ3n) is 4.83. The van der Waals surface area contributed by atoms with E-state index in [1.54, 1.807) is 30.8 Å². The van der Waals surface area contributed by atoms with Gasteiger partial charge in [-0.25, -0.2) is 9.59 Å². The highest BCUT2D eigenvalue weighted by Crippen LogP contribution is 2.32. The van der Waals surface area contributed by atoms with Crippen molar-refractivity contribution in [1.82, 2.24) is 30.8 Å². The Labute approximate surface area is 193 Å². The SMILES string of the molecule is CCOC(=O)C1=C(CSc2nnnn2-c2cc(C)ccc2OC)NC(=O)NC1c1ccco1. The van der Waals surface area contributed by atoms with Crippen LogP contribution in [-0.2, 0) is 9.53 Å². The molecule has 2 amide bonds. The minimum atomic E-state index is -0.781. The van der Waals surface area contributed by atoms with Crippen LogP contribution in [0.2, 0.25) is 0 Å². The molecule has 3 heterocycles. The number of hydrogen-bond donors (Lipinski definition) is 2. The first kappa shape index (κ1) is 22.4. The fraction of sp³-hybridized carbons (Fsp3) is 0.286. The lowest BCUT2D eigenvalue weighted by Crippen LogP contribution is -2.46. The number of carbonyl (C=O) groups is 2. The molecule has 1 aliphatic rings. The number of nitrogens with one attached hydrogen (secondary N) is 2. The molecule has 0 bridgehead atoms. The Morgan fingerprint density at radius 2 is 2.18 bits per heavy atom. The van der Waals surface area contributed by atoms with Crippen molar-refractivity contribution in [3.05, 3.63) is 59.2 Å². The van der Waals surface area contributed by atoms with E-state index in [1.807, 2.05) is 25.1 Å². The predicted octanol–water partition coefficient (Wildman–Crippen LogP) is 2.54. The number of ether oxygens (including phenoxy) is 2. The zero-order valence-corrected chi connectivity index (χ0v) is 19.0. The molecule has 2 N–H and O–H groups in total. The molecule has 12 heteroatoms. The highest BCUT2D eigenvalue weighted by molar-refractivity contribution is 7.99. The largest absolute Gasteiger partial charge is 0.494 e. The van der Waals surface area contributed by atoms with Gasteiger partial charge in [-0.3, -0.25) is 0 Å². The number of furan rings is 1. The first-order valence-electron chi connectivity index (χ1n) is 10.1. The lowest BCUT2D eigenvalue weighted by Gasteiger charge is -2.27. The molecule has 0 spiro atoms. The predicted molar refractivity (Wildman–Crippen MR) is 118 cm³/mol. The number of methoxy groups -OCH3 is 1. The Bertz CT molecular complexity index is 1190. The minimum Gasteiger partial charge on any atom is -0.494 e. The molecule has 33 heavy (non-hydrogen) atoms. The maximum absolute atomic E-state index is 12.8. The maximum atomic E-state index is 12.8. The maximum Gasteiger partial charge on any atom is 0.338 e. The first-order valence-corrected chi connectivity index (χ1v) is 11.1. The molecule has 172 valence electrons. The molecule has 0 radical (unpaired) electrons. The van der Waals surface area contributed by atoms with E-state index < -0.39 is 18.0 Å². The van der Waals surface area contributed by atoms with Crippen LogP contribution in [0.15, 0.2) is 57.4 Å². The third-order valence-corrected chi connectivity index (χ3v) is 5.77. The van der Waals surface area contributed by atoms with Crippen molar-refractivity contribution in [3.63, 3.8) is 0 Å². The number of nitrogens with zero attached hydrogens (tertiary/aromatic N) is 4. The Morgan fingerprint density at radius 3 is 2.91 bits per heavy atom. The van der Waals surface area contributed by atoms with Gasteiger partial charge in [-0.15, -0.1) is 5.10 Å². The van der Waals surface area contributed by atoms with E-state index in [0.717, 1.165) is 5.56 Å². The van der Waals surface area contributed by atoms with Crippen molar-refractivity contribution in [1.29, 1.82) is 0 Å². The van der Waals surface area contributed by atoms with Crippen LogP contribution in [0, 0.1) is 6.92 Å². The molecule has 1 aromatic carbocycles. The van der Waals surface area contributed by atoms with Gasteiger partial charge in [0.2, 0.25) is 5.16 Å². The summed E-state index contributed by atoms with van der Waals surface area (Å²) < 4.78 is 17.7. The van der Waals surface area contributed by atoms with E-state index in [1.165, 1.54) is 18.0 Å². The molecular formula is C21H22N6O5S. The standard InChI is InChI=1S/C21H22N6O5S/c1-4-31-19(28)17-13(22-20(29)23-18(17)16-6-5-9-32-16)11-33-21-24-25-26-27(21)14-10-12(2)7-8-15(14)30-3/h5-10,18H,4,11H2,1-3H3,(H2,22,23,29). The molecule has 1 aliphatic heterocycles. The summed E-state index contributed by atoms with van der Waals surface area (Å²) in [5.74, 6) is 0.675. The summed E-state index contributed by atoms with van der Waals surface area (Å²) in [4.78, 5) is 25.2. The van der Waals surface area contributed by atoms with Crippen molar-refractivity contribution in [2.75, 3.05) is 19.5 Å². The molecule has 0 saturated heterocycles. The van der Waals surface area contributed by atoms with E-state index in [9.17, 15) is 9.59 Å². The smallest absolute Gasteiger partial charge is 0.338 e. The average molecular weight is 471 g/mol. The highest BCUT2D eigenvalue weighted by atomic mass is 32.2. The third kappa shape index (κ3) is 4.70. The lowest BCUT2D eigenvalue weighted by atomic mass is 10.0. The summed E-state index contributed by atoms with van der Waals surface area (Å²) in [6.45, 7) is 3.86. The minimum absolute atomic E-state index is 0.187. The van der Waals surface area contributed by atoms with E-state index in [4.69, 9.17) is 13.9 Å². The molecule has 1 unspecified atom stereocenters. The Morgan fingerprint density at radius 1 is 1.33 bits per heavy atom. The zero-order valence-electron chi connectivity index (χ0n) is 18.2. The molecule has 0 saturated carbocycles. The van der Waals surface area contributed by atoms with Crippen molar-refractivity contribution in [3.8, 4) is 11.4 Å². The molecule has 2 aromatic heterocycles. The summed E-state index contributed by atoms with van der Waals surface area (Å²) in [7, 11) is 1.57. The monoisotopic (exact) mass is 470 g/mol. The van der Waals surface area contributed by atoms with Crippen LogP contribution in [0.5, 0.6) is 5.75 Å². The van der Waals surface area contributed by atoms with E-state index in [2.05, 4.69) is 26.2 Å². The molecule has 0 aliphatic carbocycles. The number of rotatable bonds is 8. The topological polar surface area (TPSA) is 133 Å². The molecule has 0 fully saturated rings. The van der Waals surface area contributed by atoms with Crippen LogP contribution in [0.3, 0.4) is 0 Å². The van der Waals surface area contributed by atoms with Crippen molar-refractivity contribution in [2.45, 2.75) is 25.0 Å². The second-order valence-electron chi connectivity index (χ2n) is 7.00. The molecule has 3 aromatic rings. The number of carbonyl (C=O) groups excluding carboxylic acids is 2. The Hall–Kier alpha value is -3.80. The first-order chi connectivity index (χ1) is 16.0. The Kier molecular flexibility index (Phi) is 6.63. The van der Waals surface area contributed by atoms with Gasteiger partial charge in [0, 0.05) is 11.4 Å². The van der Waals surface area contributed by atoms with Crippen molar-refractivity contribution in [2.24, 2.45) is 0 Å². The number of hydrogen-bond acceptors (Lipinski definition) is 9. The van der Waals surface area contributed by atoms with E-state index in [-0.39, 0.29) is 17.9 Å². The Balaban J connectivity index is 1.67. The summed E-state index contributed by atoms with van der Waals surface area (Å²) in [6, 6.07) is 7.80. The van der Waals surface area contributed by atoms with Gasteiger partial charge in [0.25, 0.3) is 0 Å². The number of amides is 2. The van der Waals surface area contributed by atoms with Crippen LogP contribution in [-0.4, -0.2) is 51.7 Å². The van der Waals surface area contributed by atoms with E-state index >= 15 is 0 Å². The normalized spacial score (nSPS) is 15.7. The number of aromatic nitrogens is 4. The van der Waals surface area contributed by atoms with E-state index in [0.29, 0.717) is 28.1 Å². The number of benzene rings is 1. The summed E-state index contributed by atoms with van der Waals surface area (Å²) in [5, 5.41) is 17.9. The van der Waals surface area contributed by atoms with Crippen LogP contribution >= 0.6 is 11.8 Å². The summed E-state index contributed by atoms with van der Waals surface area (Å²) >= 11 is 1.25. The van der Waals surface area contributed by atoms with Crippen LogP contribution in [0.1, 0.15) is 24.3 Å². The summed E-state index contributed by atoms with van der Waals surface area (Å²) in [5.41, 5.74) is 2.32. The highest BCUT2D eigenvalue weighted by Gasteiger charge is 2.35. The van der Waals surface area contributed by atoms with Gasteiger partial charge in [-0.05, 0) is 54.1 Å². The quantitative estimate of drug-likeness (QED) is 0.376.